The van der Waals surface area contributed by atoms with E-state index in [0.29, 0.717) is 23.7 Å². The van der Waals surface area contributed by atoms with Gasteiger partial charge in [0.05, 0.1) is 0 Å². The van der Waals surface area contributed by atoms with Crippen LogP contribution in [0.4, 0.5) is 5.69 Å². The minimum atomic E-state index is -0.273. The van der Waals surface area contributed by atoms with Gasteiger partial charge in [-0.2, -0.15) is 0 Å². The van der Waals surface area contributed by atoms with E-state index in [2.05, 4.69) is 15.6 Å². The Hall–Kier alpha value is -2.89. The number of pyridine rings is 1. The molecule has 0 bridgehead atoms. The number of hydrogen-bond donors (Lipinski definition) is 2. The molecule has 0 aliphatic heterocycles. The second-order valence-corrected chi connectivity index (χ2v) is 4.88. The zero-order valence-corrected chi connectivity index (χ0v) is 13.1. The lowest BCUT2D eigenvalue weighted by Gasteiger charge is -2.08. The molecule has 0 aliphatic carbocycles. The number of rotatable bonds is 6. The SMILES string of the molecule is CCNC(=O)COc1ccc(NC(=O)c2cccc(C)n2)cc1. The van der Waals surface area contributed by atoms with E-state index < -0.39 is 0 Å². The summed E-state index contributed by atoms with van der Waals surface area (Å²) in [5, 5.41) is 5.41. The van der Waals surface area contributed by atoms with Crippen LogP contribution in [-0.2, 0) is 4.79 Å². The third-order valence-electron chi connectivity index (χ3n) is 2.98. The van der Waals surface area contributed by atoms with E-state index >= 15 is 0 Å². The Balaban J connectivity index is 1.92. The van der Waals surface area contributed by atoms with Crippen molar-refractivity contribution in [2.75, 3.05) is 18.5 Å². The van der Waals surface area contributed by atoms with Crippen molar-refractivity contribution in [1.82, 2.24) is 10.3 Å². The molecule has 0 unspecified atom stereocenters. The van der Waals surface area contributed by atoms with Crippen LogP contribution < -0.4 is 15.4 Å². The summed E-state index contributed by atoms with van der Waals surface area (Å²) in [6.45, 7) is 4.21. The number of nitrogens with one attached hydrogen (secondary N) is 2. The normalized spacial score (nSPS) is 10.0. The van der Waals surface area contributed by atoms with Gasteiger partial charge in [-0.25, -0.2) is 4.98 Å². The Bertz CT molecular complexity index is 684. The van der Waals surface area contributed by atoms with E-state index in [1.165, 1.54) is 0 Å². The highest BCUT2D eigenvalue weighted by Gasteiger charge is 2.08. The third-order valence-corrected chi connectivity index (χ3v) is 2.98. The second-order valence-electron chi connectivity index (χ2n) is 4.88. The van der Waals surface area contributed by atoms with Crippen molar-refractivity contribution in [3.8, 4) is 5.75 Å². The Kier molecular flexibility index (Phi) is 5.68. The molecule has 1 aromatic heterocycles. The molecule has 2 rings (SSSR count). The van der Waals surface area contributed by atoms with Gasteiger partial charge in [0.2, 0.25) is 0 Å². The van der Waals surface area contributed by atoms with Gasteiger partial charge in [-0.1, -0.05) is 6.07 Å². The second kappa shape index (κ2) is 7.93. The minimum Gasteiger partial charge on any atom is -0.484 e. The fourth-order valence-corrected chi connectivity index (χ4v) is 1.90. The van der Waals surface area contributed by atoms with Gasteiger partial charge >= 0.3 is 0 Å². The number of carbonyl (C=O) groups excluding carboxylic acids is 2. The highest BCUT2D eigenvalue weighted by molar-refractivity contribution is 6.02. The smallest absolute Gasteiger partial charge is 0.274 e. The first-order valence-electron chi connectivity index (χ1n) is 7.33. The summed E-state index contributed by atoms with van der Waals surface area (Å²) >= 11 is 0. The first-order chi connectivity index (χ1) is 11.1. The van der Waals surface area contributed by atoms with E-state index in [1.54, 1.807) is 36.4 Å². The highest BCUT2D eigenvalue weighted by Crippen LogP contribution is 2.16. The predicted octanol–water partition coefficient (Wildman–Crippen LogP) is 2.16. The van der Waals surface area contributed by atoms with Gasteiger partial charge in [-0.3, -0.25) is 9.59 Å². The lowest BCUT2D eigenvalue weighted by molar-refractivity contribution is -0.122. The Labute approximate surface area is 134 Å². The fraction of sp³-hybridized carbons (Fsp3) is 0.235. The molecule has 23 heavy (non-hydrogen) atoms. The number of aromatic nitrogens is 1. The van der Waals surface area contributed by atoms with Crippen LogP contribution in [0.25, 0.3) is 0 Å². The van der Waals surface area contributed by atoms with E-state index in [-0.39, 0.29) is 18.4 Å². The Morgan fingerprint density at radius 3 is 2.52 bits per heavy atom. The zero-order chi connectivity index (χ0) is 16.7. The molecule has 1 heterocycles. The van der Waals surface area contributed by atoms with Crippen LogP contribution in [0.2, 0.25) is 0 Å². The zero-order valence-electron chi connectivity index (χ0n) is 13.1. The number of anilines is 1. The maximum atomic E-state index is 12.1. The number of benzene rings is 1. The van der Waals surface area contributed by atoms with E-state index in [9.17, 15) is 9.59 Å². The Morgan fingerprint density at radius 1 is 1.13 bits per heavy atom. The number of aryl methyl sites for hydroxylation is 1. The highest BCUT2D eigenvalue weighted by atomic mass is 16.5. The Morgan fingerprint density at radius 2 is 1.87 bits per heavy atom. The van der Waals surface area contributed by atoms with E-state index in [4.69, 9.17) is 4.74 Å². The lowest BCUT2D eigenvalue weighted by Crippen LogP contribution is -2.28. The van der Waals surface area contributed by atoms with Gasteiger partial charge in [0.1, 0.15) is 11.4 Å². The minimum absolute atomic E-state index is 0.0350. The van der Waals surface area contributed by atoms with Gasteiger partial charge in [-0.05, 0) is 50.2 Å². The molecular weight excluding hydrogens is 294 g/mol. The van der Waals surface area contributed by atoms with Crippen molar-refractivity contribution in [3.63, 3.8) is 0 Å². The van der Waals surface area contributed by atoms with Gasteiger partial charge in [0, 0.05) is 17.9 Å². The topological polar surface area (TPSA) is 80.3 Å². The van der Waals surface area contributed by atoms with Gasteiger partial charge in [0.15, 0.2) is 6.61 Å². The number of nitrogens with zero attached hydrogens (tertiary/aromatic N) is 1. The summed E-state index contributed by atoms with van der Waals surface area (Å²) in [5.74, 6) is 0.114. The van der Waals surface area contributed by atoms with Crippen LogP contribution in [0, 0.1) is 6.92 Å². The molecule has 6 heteroatoms. The number of likely N-dealkylation sites (N-methyl/N-ethyl adjacent to an activating group) is 1. The molecule has 0 saturated carbocycles. The molecule has 0 aliphatic rings. The standard InChI is InChI=1S/C17H19N3O3/c1-3-18-16(21)11-23-14-9-7-13(8-10-14)20-17(22)15-6-4-5-12(2)19-15/h4-10H,3,11H2,1-2H3,(H,18,21)(H,20,22). The maximum absolute atomic E-state index is 12.1. The summed E-state index contributed by atoms with van der Waals surface area (Å²) < 4.78 is 5.34. The summed E-state index contributed by atoms with van der Waals surface area (Å²) in [6.07, 6.45) is 0. The van der Waals surface area contributed by atoms with Crippen LogP contribution in [0.3, 0.4) is 0 Å². The molecule has 0 radical (unpaired) electrons. The van der Waals surface area contributed by atoms with Crippen molar-refractivity contribution in [2.45, 2.75) is 13.8 Å². The molecular formula is C17H19N3O3. The molecule has 2 aromatic rings. The number of ether oxygens (including phenoxy) is 1. The molecule has 6 nitrogen and oxygen atoms in total. The van der Waals surface area contributed by atoms with E-state index in [1.807, 2.05) is 19.9 Å². The summed E-state index contributed by atoms with van der Waals surface area (Å²) in [4.78, 5) is 27.6. The van der Waals surface area contributed by atoms with Crippen LogP contribution >= 0.6 is 0 Å². The van der Waals surface area contributed by atoms with Gasteiger partial charge < -0.3 is 15.4 Å². The fourth-order valence-electron chi connectivity index (χ4n) is 1.90. The molecule has 2 amide bonds. The average molecular weight is 313 g/mol. The van der Waals surface area contributed by atoms with Crippen molar-refractivity contribution in [1.29, 1.82) is 0 Å². The van der Waals surface area contributed by atoms with Gasteiger partial charge in [-0.15, -0.1) is 0 Å². The molecule has 0 saturated heterocycles. The number of carbonyl (C=O) groups is 2. The summed E-state index contributed by atoms with van der Waals surface area (Å²) in [7, 11) is 0. The molecule has 0 spiro atoms. The van der Waals surface area contributed by atoms with Gasteiger partial charge in [0.25, 0.3) is 11.8 Å². The van der Waals surface area contributed by atoms with E-state index in [0.717, 1.165) is 5.69 Å². The summed E-state index contributed by atoms with van der Waals surface area (Å²) in [6, 6.07) is 12.1. The van der Waals surface area contributed by atoms with Crippen LogP contribution in [0.15, 0.2) is 42.5 Å². The third kappa shape index (κ3) is 5.10. The average Bonchev–Trinajstić information content (AvgIpc) is 2.54. The first-order valence-corrected chi connectivity index (χ1v) is 7.33. The van der Waals surface area contributed by atoms with Crippen molar-refractivity contribution < 1.29 is 14.3 Å². The monoisotopic (exact) mass is 313 g/mol. The van der Waals surface area contributed by atoms with Crippen molar-refractivity contribution >= 4 is 17.5 Å². The first kappa shape index (κ1) is 16.5. The van der Waals surface area contributed by atoms with Crippen molar-refractivity contribution in [2.24, 2.45) is 0 Å². The molecule has 0 atom stereocenters. The predicted molar refractivity (Wildman–Crippen MR) is 87.5 cm³/mol. The maximum Gasteiger partial charge on any atom is 0.274 e. The molecule has 120 valence electrons. The lowest BCUT2D eigenvalue weighted by atomic mass is 10.2. The van der Waals surface area contributed by atoms with Crippen LogP contribution in [0.1, 0.15) is 23.1 Å². The number of hydrogen-bond acceptors (Lipinski definition) is 4. The molecule has 2 N–H and O–H groups in total. The van der Waals surface area contributed by atoms with Crippen LogP contribution in [-0.4, -0.2) is 29.9 Å². The molecule has 0 fully saturated rings. The van der Waals surface area contributed by atoms with Crippen molar-refractivity contribution in [3.05, 3.63) is 53.9 Å². The summed E-state index contributed by atoms with van der Waals surface area (Å²) in [5.41, 5.74) is 1.77. The number of amides is 2. The molecule has 1 aromatic carbocycles. The largest absolute Gasteiger partial charge is 0.484 e. The van der Waals surface area contributed by atoms with Crippen LogP contribution in [0.5, 0.6) is 5.75 Å². The quantitative estimate of drug-likeness (QED) is 0.856.